The average Bonchev–Trinajstić information content (AvgIpc) is 3.50. The smallest absolute Gasteiger partial charge is 0.126 e. The molecular formula is C30H48O3. The largest absolute Gasteiger partial charge is 0.393 e. The molecule has 0 amide bonds. The third kappa shape index (κ3) is 2.63. The summed E-state index contributed by atoms with van der Waals surface area (Å²) in [5.41, 5.74) is 0.892. The minimum atomic E-state index is -0.185. The zero-order chi connectivity index (χ0) is 23.8. The van der Waals surface area contributed by atoms with Gasteiger partial charge in [-0.25, -0.2) is 0 Å². The van der Waals surface area contributed by atoms with Gasteiger partial charge in [-0.2, -0.15) is 0 Å². The van der Waals surface area contributed by atoms with Gasteiger partial charge in [-0.15, -0.1) is 0 Å². The number of fused-ring (bicyclic) bond motifs is 10. The maximum absolute atomic E-state index is 12.7. The standard InChI is InChI=1S/C30H48O3/c1-25(2)12-14-30(17-31)15-13-28(6)21(18(30)16-25)22-23(33-22)24-27(5)10-9-20(32)26(3,4)19(27)8-11-29(24,28)7/h17-24,32H,8-16H2,1-7H3/t18-,19-,20-,21+,22+,23+,24+,27-,28+,29+,30+/m0/s1. The number of hydrogen-bond donors (Lipinski definition) is 1. The lowest BCUT2D eigenvalue weighted by atomic mass is 9.31. The van der Waals surface area contributed by atoms with E-state index in [1.54, 1.807) is 0 Å². The molecule has 33 heavy (non-hydrogen) atoms. The summed E-state index contributed by atoms with van der Waals surface area (Å²) in [6.07, 6.45) is 12.1. The lowest BCUT2D eigenvalue weighted by Gasteiger charge is -2.72. The van der Waals surface area contributed by atoms with Gasteiger partial charge in [-0.1, -0.05) is 48.5 Å². The molecule has 3 nitrogen and oxygen atoms in total. The van der Waals surface area contributed by atoms with Gasteiger partial charge in [0.1, 0.15) is 6.29 Å². The Labute approximate surface area is 201 Å². The van der Waals surface area contributed by atoms with Crippen molar-refractivity contribution in [2.24, 2.45) is 56.2 Å². The number of aliphatic hydroxyl groups excluding tert-OH is 1. The number of aldehydes is 1. The molecule has 1 saturated heterocycles. The monoisotopic (exact) mass is 456 g/mol. The number of hydrogen-bond acceptors (Lipinski definition) is 3. The van der Waals surface area contributed by atoms with E-state index in [2.05, 4.69) is 48.5 Å². The van der Waals surface area contributed by atoms with Gasteiger partial charge in [0.2, 0.25) is 0 Å². The number of carbonyl (C=O) groups excluding carboxylic acids is 1. The third-order valence-corrected chi connectivity index (χ3v) is 13.7. The van der Waals surface area contributed by atoms with Crippen LogP contribution in [0.15, 0.2) is 0 Å². The summed E-state index contributed by atoms with van der Waals surface area (Å²) in [6.45, 7) is 17.3. The highest BCUT2D eigenvalue weighted by Crippen LogP contribution is 2.79. The topological polar surface area (TPSA) is 49.8 Å². The van der Waals surface area contributed by atoms with E-state index in [-0.39, 0.29) is 33.2 Å². The van der Waals surface area contributed by atoms with E-state index in [1.807, 2.05) is 0 Å². The molecule has 6 rings (SSSR count). The molecule has 11 atom stereocenters. The first kappa shape index (κ1) is 23.0. The molecule has 1 heterocycles. The normalized spacial score (nSPS) is 60.3. The fourth-order valence-electron chi connectivity index (χ4n) is 11.6. The summed E-state index contributed by atoms with van der Waals surface area (Å²) in [4.78, 5) is 12.7. The Morgan fingerprint density at radius 2 is 1.52 bits per heavy atom. The van der Waals surface area contributed by atoms with Gasteiger partial charge >= 0.3 is 0 Å². The molecule has 0 spiro atoms. The second-order valence-electron chi connectivity index (χ2n) is 15.7. The number of ether oxygens (including phenoxy) is 1. The van der Waals surface area contributed by atoms with E-state index in [0.717, 1.165) is 25.7 Å². The zero-order valence-electron chi connectivity index (χ0n) is 22.2. The molecule has 0 aromatic rings. The van der Waals surface area contributed by atoms with Gasteiger partial charge < -0.3 is 14.6 Å². The molecule has 186 valence electrons. The Morgan fingerprint density at radius 1 is 0.818 bits per heavy atom. The highest BCUT2D eigenvalue weighted by atomic mass is 16.6. The van der Waals surface area contributed by atoms with Crippen LogP contribution < -0.4 is 0 Å². The Bertz CT molecular complexity index is 863. The number of epoxide rings is 1. The van der Waals surface area contributed by atoms with Crippen LogP contribution in [0.2, 0.25) is 0 Å². The van der Waals surface area contributed by atoms with Crippen molar-refractivity contribution in [3.05, 3.63) is 0 Å². The van der Waals surface area contributed by atoms with Crippen LogP contribution in [0.1, 0.15) is 106 Å². The van der Waals surface area contributed by atoms with Crippen LogP contribution in [-0.4, -0.2) is 29.7 Å². The minimum absolute atomic E-state index is 0.0247. The predicted molar refractivity (Wildman–Crippen MR) is 131 cm³/mol. The summed E-state index contributed by atoms with van der Waals surface area (Å²) in [6, 6.07) is 0. The molecule has 0 aromatic heterocycles. The van der Waals surface area contributed by atoms with Crippen LogP contribution in [0.25, 0.3) is 0 Å². The minimum Gasteiger partial charge on any atom is -0.393 e. The third-order valence-electron chi connectivity index (χ3n) is 13.7. The van der Waals surface area contributed by atoms with E-state index in [4.69, 9.17) is 4.74 Å². The maximum atomic E-state index is 12.7. The first-order valence-electron chi connectivity index (χ1n) is 14.1. The molecule has 1 N–H and O–H groups in total. The van der Waals surface area contributed by atoms with Crippen molar-refractivity contribution in [2.45, 2.75) is 125 Å². The van der Waals surface area contributed by atoms with Crippen molar-refractivity contribution in [1.82, 2.24) is 0 Å². The quantitative estimate of drug-likeness (QED) is 0.366. The lowest BCUT2D eigenvalue weighted by Crippen LogP contribution is -2.69. The van der Waals surface area contributed by atoms with Crippen molar-refractivity contribution >= 4 is 6.29 Å². The van der Waals surface area contributed by atoms with Crippen LogP contribution in [0.3, 0.4) is 0 Å². The molecule has 6 aliphatic rings. The van der Waals surface area contributed by atoms with Crippen molar-refractivity contribution in [2.75, 3.05) is 0 Å². The summed E-state index contributed by atoms with van der Waals surface area (Å²) < 4.78 is 6.78. The zero-order valence-corrected chi connectivity index (χ0v) is 22.2. The highest BCUT2D eigenvalue weighted by molar-refractivity contribution is 5.61. The van der Waals surface area contributed by atoms with E-state index in [1.165, 1.54) is 38.4 Å². The number of aliphatic hydroxyl groups is 1. The molecule has 1 aliphatic heterocycles. The fourth-order valence-corrected chi connectivity index (χ4v) is 11.6. The Kier molecular flexibility index (Phi) is 4.51. The summed E-state index contributed by atoms with van der Waals surface area (Å²) in [5.74, 6) is 2.12. The van der Waals surface area contributed by atoms with Crippen LogP contribution in [0, 0.1) is 56.2 Å². The van der Waals surface area contributed by atoms with E-state index < -0.39 is 0 Å². The second kappa shape index (κ2) is 6.47. The number of carbonyl (C=O) groups is 1. The lowest BCUT2D eigenvalue weighted by molar-refractivity contribution is -0.241. The molecule has 0 unspecified atom stereocenters. The maximum Gasteiger partial charge on any atom is 0.126 e. The van der Waals surface area contributed by atoms with Crippen LogP contribution >= 0.6 is 0 Å². The highest BCUT2D eigenvalue weighted by Gasteiger charge is 2.78. The predicted octanol–water partition coefficient (Wildman–Crippen LogP) is 6.42. The number of rotatable bonds is 1. The first-order chi connectivity index (χ1) is 15.3. The van der Waals surface area contributed by atoms with Gasteiger partial charge in [0.05, 0.1) is 18.3 Å². The van der Waals surface area contributed by atoms with Crippen molar-refractivity contribution in [3.63, 3.8) is 0 Å². The fraction of sp³-hybridized carbons (Fsp3) is 0.967. The SMILES string of the molecule is CC1(C)CC[C@]2(C=O)CC[C@]3(C)[C@@H]([C@H]4O[C@H]4[C@@H]4[C@@]5(C)CC[C@H](O)C(C)(C)[C@@H]5CC[C@]43C)[C@@H]2C1. The van der Waals surface area contributed by atoms with Gasteiger partial charge in [0.25, 0.3) is 0 Å². The second-order valence-corrected chi connectivity index (χ2v) is 15.7. The first-order valence-corrected chi connectivity index (χ1v) is 14.1. The van der Waals surface area contributed by atoms with Gasteiger partial charge in [0.15, 0.2) is 0 Å². The van der Waals surface area contributed by atoms with Crippen molar-refractivity contribution < 1.29 is 14.6 Å². The molecule has 0 aromatic carbocycles. The van der Waals surface area contributed by atoms with Crippen LogP contribution in [0.5, 0.6) is 0 Å². The van der Waals surface area contributed by atoms with Gasteiger partial charge in [-0.05, 0) is 109 Å². The van der Waals surface area contributed by atoms with Crippen LogP contribution in [-0.2, 0) is 9.53 Å². The van der Waals surface area contributed by atoms with Crippen LogP contribution in [0.4, 0.5) is 0 Å². The molecule has 3 heteroatoms. The Morgan fingerprint density at radius 3 is 2.21 bits per heavy atom. The molecule has 5 aliphatic carbocycles. The molecule has 5 saturated carbocycles. The summed E-state index contributed by atoms with van der Waals surface area (Å²) >= 11 is 0. The molecular weight excluding hydrogens is 408 g/mol. The average molecular weight is 457 g/mol. The van der Waals surface area contributed by atoms with E-state index in [0.29, 0.717) is 41.3 Å². The van der Waals surface area contributed by atoms with Gasteiger partial charge in [0, 0.05) is 5.41 Å². The van der Waals surface area contributed by atoms with E-state index in [9.17, 15) is 9.90 Å². The molecule has 6 fully saturated rings. The molecule has 0 radical (unpaired) electrons. The summed E-state index contributed by atoms with van der Waals surface area (Å²) in [5, 5.41) is 10.9. The van der Waals surface area contributed by atoms with E-state index >= 15 is 0 Å². The van der Waals surface area contributed by atoms with Crippen molar-refractivity contribution in [1.29, 1.82) is 0 Å². The Hall–Kier alpha value is -0.410. The summed E-state index contributed by atoms with van der Waals surface area (Å²) in [7, 11) is 0. The molecule has 0 bridgehead atoms. The van der Waals surface area contributed by atoms with Crippen molar-refractivity contribution in [3.8, 4) is 0 Å². The van der Waals surface area contributed by atoms with Gasteiger partial charge in [-0.3, -0.25) is 0 Å². The Balaban J connectivity index is 1.44.